The van der Waals surface area contributed by atoms with E-state index in [9.17, 15) is 12.8 Å². The minimum atomic E-state index is -3.58. The maximum Gasteiger partial charge on any atom is 0.277 e. The second kappa shape index (κ2) is 12.2. The van der Waals surface area contributed by atoms with Crippen LogP contribution in [0.15, 0.2) is 42.6 Å². The van der Waals surface area contributed by atoms with E-state index in [0.29, 0.717) is 38.6 Å². The molecule has 35 heavy (non-hydrogen) atoms. The van der Waals surface area contributed by atoms with Gasteiger partial charge in [-0.3, -0.25) is 0 Å². The van der Waals surface area contributed by atoms with Gasteiger partial charge in [-0.05, 0) is 74.3 Å². The van der Waals surface area contributed by atoms with Crippen molar-refractivity contribution in [1.82, 2.24) is 19.6 Å². The minimum Gasteiger partial charge on any atom is -0.378 e. The number of hydrogen-bond acceptors (Lipinski definition) is 6. The van der Waals surface area contributed by atoms with Gasteiger partial charge in [-0.15, -0.1) is 5.10 Å². The molecular formula is C25H36FN5O3S. The molecule has 1 aromatic carbocycles. The molecule has 0 radical (unpaired) electrons. The number of ether oxygens (including phenoxy) is 1. The van der Waals surface area contributed by atoms with Crippen molar-refractivity contribution in [3.8, 4) is 0 Å². The zero-order valence-corrected chi connectivity index (χ0v) is 21.1. The summed E-state index contributed by atoms with van der Waals surface area (Å²) in [7, 11) is -3.58. The van der Waals surface area contributed by atoms with Gasteiger partial charge in [0.05, 0.1) is 12.7 Å². The molecule has 1 aromatic heterocycles. The number of hydrogen-bond donors (Lipinski definition) is 2. The summed E-state index contributed by atoms with van der Waals surface area (Å²) in [5, 5.41) is 8.21. The SMILES string of the molecule is CCCNS(=O)(=O)N[C@H]1CCN(c2cccnn2)C[C@H]1CO[C@H]1CC[C@@H](c2cccc(F)c2)CC1. The predicted molar refractivity (Wildman–Crippen MR) is 134 cm³/mol. The van der Waals surface area contributed by atoms with Crippen molar-refractivity contribution in [3.05, 3.63) is 54.0 Å². The molecule has 2 N–H and O–H groups in total. The normalized spacial score (nSPS) is 25.5. The average molecular weight is 506 g/mol. The Balaban J connectivity index is 1.36. The Bertz CT molecular complexity index is 1030. The van der Waals surface area contributed by atoms with Crippen LogP contribution in [-0.4, -0.2) is 57.0 Å². The molecule has 2 aliphatic rings. The summed E-state index contributed by atoms with van der Waals surface area (Å²) in [4.78, 5) is 2.14. The first-order valence-corrected chi connectivity index (χ1v) is 14.1. The lowest BCUT2D eigenvalue weighted by Crippen LogP contribution is -2.55. The highest BCUT2D eigenvalue weighted by Gasteiger charge is 2.34. The van der Waals surface area contributed by atoms with Crippen molar-refractivity contribution >= 4 is 16.0 Å². The fourth-order valence-corrected chi connectivity index (χ4v) is 6.35. The monoisotopic (exact) mass is 505 g/mol. The molecule has 1 saturated carbocycles. The Kier molecular flexibility index (Phi) is 9.04. The van der Waals surface area contributed by atoms with Crippen LogP contribution >= 0.6 is 0 Å². The fourth-order valence-electron chi connectivity index (χ4n) is 5.09. The van der Waals surface area contributed by atoms with E-state index < -0.39 is 10.2 Å². The summed E-state index contributed by atoms with van der Waals surface area (Å²) in [6.45, 7) is 4.13. The number of rotatable bonds is 10. The fraction of sp³-hybridized carbons (Fsp3) is 0.600. The van der Waals surface area contributed by atoms with Gasteiger partial charge in [0.25, 0.3) is 10.2 Å². The second-order valence-corrected chi connectivity index (χ2v) is 11.1. The van der Waals surface area contributed by atoms with Crippen molar-refractivity contribution in [2.45, 2.75) is 63.5 Å². The van der Waals surface area contributed by atoms with Crippen LogP contribution in [-0.2, 0) is 14.9 Å². The summed E-state index contributed by atoms with van der Waals surface area (Å²) in [5.41, 5.74) is 1.06. The maximum atomic E-state index is 13.6. The highest BCUT2D eigenvalue weighted by molar-refractivity contribution is 7.87. The standard InChI is InChI=1S/C25H36FN5O3S/c1-2-13-28-35(32,33)30-24-12-15-31(25-7-4-14-27-29-25)17-21(24)18-34-23-10-8-19(9-11-23)20-5-3-6-22(26)16-20/h3-7,14,16,19,21,23-24,28,30H,2,8-13,15,17-18H2,1H3/t19-,21-,23+,24-/m0/s1. The highest BCUT2D eigenvalue weighted by Crippen LogP contribution is 2.34. The lowest BCUT2D eigenvalue weighted by Gasteiger charge is -2.40. The quantitative estimate of drug-likeness (QED) is 0.514. The summed E-state index contributed by atoms with van der Waals surface area (Å²) in [5.74, 6) is 0.938. The summed E-state index contributed by atoms with van der Waals surface area (Å²) >= 11 is 0. The van der Waals surface area contributed by atoms with Gasteiger partial charge in [0.2, 0.25) is 0 Å². The van der Waals surface area contributed by atoms with Gasteiger partial charge >= 0.3 is 0 Å². The molecule has 0 bridgehead atoms. The first-order chi connectivity index (χ1) is 16.9. The number of nitrogens with zero attached hydrogens (tertiary/aromatic N) is 3. The Morgan fingerprint density at radius 2 is 1.97 bits per heavy atom. The smallest absolute Gasteiger partial charge is 0.277 e. The average Bonchev–Trinajstić information content (AvgIpc) is 2.87. The van der Waals surface area contributed by atoms with Crippen LogP contribution in [0, 0.1) is 11.7 Å². The molecule has 4 rings (SSSR count). The van der Waals surface area contributed by atoms with E-state index in [1.807, 2.05) is 25.1 Å². The Morgan fingerprint density at radius 3 is 2.69 bits per heavy atom. The van der Waals surface area contributed by atoms with Crippen LogP contribution in [0.25, 0.3) is 0 Å². The second-order valence-electron chi connectivity index (χ2n) is 9.56. The summed E-state index contributed by atoms with van der Waals surface area (Å²) in [6.07, 6.45) is 6.91. The molecule has 8 nitrogen and oxygen atoms in total. The number of anilines is 1. The third kappa shape index (κ3) is 7.42. The third-order valence-electron chi connectivity index (χ3n) is 7.01. The van der Waals surface area contributed by atoms with Crippen molar-refractivity contribution in [2.75, 3.05) is 31.1 Å². The number of halogens is 1. The Morgan fingerprint density at radius 1 is 1.14 bits per heavy atom. The number of aromatic nitrogens is 2. The molecule has 2 fully saturated rings. The predicted octanol–water partition coefficient (Wildman–Crippen LogP) is 3.39. The van der Waals surface area contributed by atoms with Crippen LogP contribution in [0.5, 0.6) is 0 Å². The van der Waals surface area contributed by atoms with E-state index in [0.717, 1.165) is 43.5 Å². The van der Waals surface area contributed by atoms with Crippen molar-refractivity contribution in [3.63, 3.8) is 0 Å². The van der Waals surface area contributed by atoms with E-state index in [2.05, 4.69) is 24.5 Å². The first-order valence-electron chi connectivity index (χ1n) is 12.6. The number of piperidine rings is 1. The lowest BCUT2D eigenvalue weighted by molar-refractivity contribution is -0.00218. The van der Waals surface area contributed by atoms with Gasteiger partial charge in [-0.2, -0.15) is 18.2 Å². The molecule has 0 amide bonds. The molecule has 0 unspecified atom stereocenters. The molecular weight excluding hydrogens is 469 g/mol. The van der Waals surface area contributed by atoms with Gasteiger partial charge in [-0.25, -0.2) is 9.11 Å². The van der Waals surface area contributed by atoms with Gasteiger partial charge in [0, 0.05) is 37.8 Å². The zero-order chi connectivity index (χ0) is 24.7. The van der Waals surface area contributed by atoms with Crippen LogP contribution < -0.4 is 14.3 Å². The van der Waals surface area contributed by atoms with Gasteiger partial charge < -0.3 is 9.64 Å². The molecule has 2 aromatic rings. The van der Waals surface area contributed by atoms with Crippen molar-refractivity contribution in [1.29, 1.82) is 0 Å². The van der Waals surface area contributed by atoms with Crippen molar-refractivity contribution < 1.29 is 17.5 Å². The maximum absolute atomic E-state index is 13.6. The van der Waals surface area contributed by atoms with Crippen LogP contribution in [0.2, 0.25) is 0 Å². The summed E-state index contributed by atoms with van der Waals surface area (Å²) < 4.78 is 50.5. The highest BCUT2D eigenvalue weighted by atomic mass is 32.2. The molecule has 0 spiro atoms. The topological polar surface area (TPSA) is 96.5 Å². The zero-order valence-electron chi connectivity index (χ0n) is 20.3. The van der Waals surface area contributed by atoms with Crippen LogP contribution in [0.3, 0.4) is 0 Å². The molecule has 1 aliphatic carbocycles. The van der Waals surface area contributed by atoms with Gasteiger partial charge in [0.1, 0.15) is 5.82 Å². The Labute approximate surface area is 207 Å². The third-order valence-corrected chi connectivity index (χ3v) is 8.20. The summed E-state index contributed by atoms with van der Waals surface area (Å²) in [6, 6.07) is 10.4. The van der Waals surface area contributed by atoms with Gasteiger partial charge in [0.15, 0.2) is 5.82 Å². The molecule has 2 atom stereocenters. The Hall–Kier alpha value is -2.14. The van der Waals surface area contributed by atoms with E-state index in [1.165, 1.54) is 6.07 Å². The minimum absolute atomic E-state index is 0.0232. The van der Waals surface area contributed by atoms with Crippen LogP contribution in [0.4, 0.5) is 10.2 Å². The van der Waals surface area contributed by atoms with E-state index >= 15 is 0 Å². The van der Waals surface area contributed by atoms with E-state index in [4.69, 9.17) is 4.74 Å². The largest absolute Gasteiger partial charge is 0.378 e. The van der Waals surface area contributed by atoms with Crippen molar-refractivity contribution in [2.24, 2.45) is 5.92 Å². The van der Waals surface area contributed by atoms with E-state index in [-0.39, 0.29) is 23.9 Å². The first kappa shape index (κ1) is 25.9. The molecule has 192 valence electrons. The lowest BCUT2D eigenvalue weighted by atomic mass is 9.82. The number of nitrogens with one attached hydrogen (secondary N) is 2. The molecule has 1 saturated heterocycles. The molecule has 1 aliphatic heterocycles. The molecule has 10 heteroatoms. The van der Waals surface area contributed by atoms with Crippen LogP contribution in [0.1, 0.15) is 56.9 Å². The molecule has 2 heterocycles. The van der Waals surface area contributed by atoms with E-state index in [1.54, 1.807) is 18.3 Å². The van der Waals surface area contributed by atoms with Gasteiger partial charge in [-0.1, -0.05) is 19.1 Å². The number of benzene rings is 1.